The molecule has 0 saturated heterocycles. The Bertz CT molecular complexity index is 709. The zero-order valence-corrected chi connectivity index (χ0v) is 11.2. The number of pyridine rings is 2. The SMILES string of the molecule is O=C(O)N1CC=CC(c2ccccn2)=C1c1ccccn1. The van der Waals surface area contributed by atoms with Crippen LogP contribution in [0.1, 0.15) is 11.4 Å². The average Bonchev–Trinajstić information content (AvgIpc) is 2.55. The molecule has 3 rings (SSSR count). The Balaban J connectivity index is 2.22. The molecule has 1 N–H and O–H groups in total. The van der Waals surface area contributed by atoms with E-state index in [0.717, 1.165) is 11.3 Å². The van der Waals surface area contributed by atoms with Crippen molar-refractivity contribution in [3.8, 4) is 0 Å². The van der Waals surface area contributed by atoms with Crippen molar-refractivity contribution in [2.75, 3.05) is 6.54 Å². The lowest BCUT2D eigenvalue weighted by Gasteiger charge is -2.26. The molecule has 0 bridgehead atoms. The number of carboxylic acid groups (broad SMARTS) is 1. The van der Waals surface area contributed by atoms with Crippen molar-refractivity contribution in [2.45, 2.75) is 0 Å². The Morgan fingerprint density at radius 2 is 1.71 bits per heavy atom. The molecule has 2 aromatic rings. The van der Waals surface area contributed by atoms with Gasteiger partial charge in [0.15, 0.2) is 0 Å². The number of carbonyl (C=O) groups is 1. The van der Waals surface area contributed by atoms with E-state index in [9.17, 15) is 9.90 Å². The molecule has 5 heteroatoms. The zero-order valence-electron chi connectivity index (χ0n) is 11.2. The van der Waals surface area contributed by atoms with E-state index in [4.69, 9.17) is 0 Å². The first kappa shape index (κ1) is 13.1. The Hall–Kier alpha value is -2.95. The molecule has 1 amide bonds. The topological polar surface area (TPSA) is 66.3 Å². The van der Waals surface area contributed by atoms with Crippen molar-refractivity contribution in [3.63, 3.8) is 0 Å². The van der Waals surface area contributed by atoms with Crippen LogP contribution < -0.4 is 0 Å². The maximum Gasteiger partial charge on any atom is 0.412 e. The third-order valence-electron chi connectivity index (χ3n) is 3.18. The van der Waals surface area contributed by atoms with Gasteiger partial charge in [-0.05, 0) is 24.3 Å². The molecule has 2 aromatic heterocycles. The lowest BCUT2D eigenvalue weighted by Crippen LogP contribution is -2.31. The fourth-order valence-electron chi connectivity index (χ4n) is 2.27. The number of nitrogens with zero attached hydrogens (tertiary/aromatic N) is 3. The molecule has 0 aliphatic carbocycles. The molecule has 21 heavy (non-hydrogen) atoms. The van der Waals surface area contributed by atoms with E-state index in [2.05, 4.69) is 9.97 Å². The highest BCUT2D eigenvalue weighted by molar-refractivity contribution is 5.98. The van der Waals surface area contributed by atoms with Gasteiger partial charge < -0.3 is 5.11 Å². The summed E-state index contributed by atoms with van der Waals surface area (Å²) < 4.78 is 0. The number of allylic oxidation sites excluding steroid dienone is 2. The fraction of sp³-hybridized carbons (Fsp3) is 0.0625. The Labute approximate surface area is 121 Å². The van der Waals surface area contributed by atoms with Gasteiger partial charge in [-0.25, -0.2) is 4.79 Å². The molecule has 0 radical (unpaired) electrons. The van der Waals surface area contributed by atoms with Crippen LogP contribution in [-0.4, -0.2) is 32.6 Å². The maximum atomic E-state index is 11.5. The summed E-state index contributed by atoms with van der Waals surface area (Å²) in [5.41, 5.74) is 2.65. The van der Waals surface area contributed by atoms with Crippen LogP contribution in [0.2, 0.25) is 0 Å². The van der Waals surface area contributed by atoms with Gasteiger partial charge in [0.25, 0.3) is 0 Å². The van der Waals surface area contributed by atoms with Crippen LogP contribution in [0.4, 0.5) is 4.79 Å². The van der Waals surface area contributed by atoms with Gasteiger partial charge in [0.1, 0.15) is 0 Å². The summed E-state index contributed by atoms with van der Waals surface area (Å²) in [6, 6.07) is 11.0. The van der Waals surface area contributed by atoms with Gasteiger partial charge in [-0.1, -0.05) is 24.3 Å². The maximum absolute atomic E-state index is 11.5. The molecule has 0 fully saturated rings. The monoisotopic (exact) mass is 279 g/mol. The summed E-state index contributed by atoms with van der Waals surface area (Å²) in [5, 5.41) is 9.44. The summed E-state index contributed by atoms with van der Waals surface area (Å²) in [6.07, 6.45) is 6.03. The van der Waals surface area contributed by atoms with E-state index < -0.39 is 6.09 Å². The van der Waals surface area contributed by atoms with E-state index >= 15 is 0 Å². The standard InChI is InChI=1S/C16H13N3O2/c20-16(21)19-11-5-6-12(13-7-1-3-9-17-13)15(19)14-8-2-4-10-18-14/h1-10H,11H2,(H,20,21). The van der Waals surface area contributed by atoms with Crippen molar-refractivity contribution in [2.24, 2.45) is 0 Å². The molecule has 0 aromatic carbocycles. The summed E-state index contributed by atoms with van der Waals surface area (Å²) in [4.78, 5) is 21.4. The van der Waals surface area contributed by atoms with Crippen molar-refractivity contribution < 1.29 is 9.90 Å². The van der Waals surface area contributed by atoms with Gasteiger partial charge in [0.2, 0.25) is 0 Å². The van der Waals surface area contributed by atoms with E-state index in [1.165, 1.54) is 4.90 Å². The zero-order chi connectivity index (χ0) is 14.7. The highest BCUT2D eigenvalue weighted by Crippen LogP contribution is 2.31. The minimum atomic E-state index is -1.01. The van der Waals surface area contributed by atoms with Crippen LogP contribution >= 0.6 is 0 Å². The Morgan fingerprint density at radius 3 is 2.29 bits per heavy atom. The summed E-state index contributed by atoms with van der Waals surface area (Å²) >= 11 is 0. The first-order valence-electron chi connectivity index (χ1n) is 6.51. The molecule has 0 spiro atoms. The van der Waals surface area contributed by atoms with E-state index in [1.807, 2.05) is 36.4 Å². The first-order chi connectivity index (χ1) is 10.3. The number of aromatic nitrogens is 2. The van der Waals surface area contributed by atoms with Crippen molar-refractivity contribution in [3.05, 3.63) is 72.3 Å². The van der Waals surface area contributed by atoms with Gasteiger partial charge in [-0.15, -0.1) is 0 Å². The third-order valence-corrected chi connectivity index (χ3v) is 3.18. The van der Waals surface area contributed by atoms with Gasteiger partial charge >= 0.3 is 6.09 Å². The molecule has 1 aliphatic rings. The molecule has 0 atom stereocenters. The van der Waals surface area contributed by atoms with Crippen molar-refractivity contribution in [1.82, 2.24) is 14.9 Å². The predicted octanol–water partition coefficient (Wildman–Crippen LogP) is 2.89. The molecule has 3 heterocycles. The normalized spacial score (nSPS) is 14.4. The van der Waals surface area contributed by atoms with E-state index in [0.29, 0.717) is 17.9 Å². The van der Waals surface area contributed by atoms with E-state index in [-0.39, 0.29) is 0 Å². The Kier molecular flexibility index (Phi) is 3.47. The largest absolute Gasteiger partial charge is 0.465 e. The second-order valence-corrected chi connectivity index (χ2v) is 4.49. The van der Waals surface area contributed by atoms with Crippen LogP contribution in [0, 0.1) is 0 Å². The van der Waals surface area contributed by atoms with Crippen molar-refractivity contribution >= 4 is 17.4 Å². The van der Waals surface area contributed by atoms with Gasteiger partial charge in [-0.2, -0.15) is 0 Å². The van der Waals surface area contributed by atoms with Crippen LogP contribution in [0.25, 0.3) is 11.3 Å². The molecule has 0 saturated carbocycles. The minimum absolute atomic E-state index is 0.303. The van der Waals surface area contributed by atoms with Gasteiger partial charge in [0.05, 0.1) is 17.1 Å². The smallest absolute Gasteiger partial charge is 0.412 e. The number of rotatable bonds is 2. The highest BCUT2D eigenvalue weighted by atomic mass is 16.4. The fourth-order valence-corrected chi connectivity index (χ4v) is 2.27. The van der Waals surface area contributed by atoms with Gasteiger partial charge in [0, 0.05) is 24.5 Å². The summed E-state index contributed by atoms with van der Waals surface area (Å²) in [5.74, 6) is 0. The molecular weight excluding hydrogens is 266 g/mol. The predicted molar refractivity (Wildman–Crippen MR) is 79.2 cm³/mol. The quantitative estimate of drug-likeness (QED) is 0.918. The molecule has 104 valence electrons. The van der Waals surface area contributed by atoms with E-state index in [1.54, 1.807) is 24.5 Å². The third kappa shape index (κ3) is 2.53. The number of amides is 1. The molecule has 1 aliphatic heterocycles. The number of hydrogen-bond acceptors (Lipinski definition) is 3. The van der Waals surface area contributed by atoms with Crippen molar-refractivity contribution in [1.29, 1.82) is 0 Å². The minimum Gasteiger partial charge on any atom is -0.465 e. The molecule has 0 unspecified atom stereocenters. The second kappa shape index (κ2) is 5.58. The molecule has 5 nitrogen and oxygen atoms in total. The Morgan fingerprint density at radius 1 is 1.05 bits per heavy atom. The van der Waals surface area contributed by atoms with Gasteiger partial charge in [-0.3, -0.25) is 14.9 Å². The van der Waals surface area contributed by atoms with Crippen LogP contribution in [-0.2, 0) is 0 Å². The lowest BCUT2D eigenvalue weighted by molar-refractivity contribution is 0.169. The van der Waals surface area contributed by atoms with Crippen LogP contribution in [0.5, 0.6) is 0 Å². The summed E-state index contributed by atoms with van der Waals surface area (Å²) in [7, 11) is 0. The summed E-state index contributed by atoms with van der Waals surface area (Å²) in [6.45, 7) is 0.303. The average molecular weight is 279 g/mol. The van der Waals surface area contributed by atoms with Crippen LogP contribution in [0.3, 0.4) is 0 Å². The lowest BCUT2D eigenvalue weighted by atomic mass is 10.0. The first-order valence-corrected chi connectivity index (χ1v) is 6.51. The number of hydrogen-bond donors (Lipinski definition) is 1. The van der Waals surface area contributed by atoms with Crippen LogP contribution in [0.15, 0.2) is 60.9 Å². The molecular formula is C16H13N3O2. The highest BCUT2D eigenvalue weighted by Gasteiger charge is 2.25. The second-order valence-electron chi connectivity index (χ2n) is 4.49.